The lowest BCUT2D eigenvalue weighted by Gasteiger charge is -2.17. The molecular weight excluding hydrogens is 376 g/mol. The number of hydrogen-bond acceptors (Lipinski definition) is 4. The first-order chi connectivity index (χ1) is 13.3. The van der Waals surface area contributed by atoms with Gasteiger partial charge in [-0.2, -0.15) is 5.10 Å². The molecule has 0 bridgehead atoms. The molecule has 1 aromatic heterocycles. The fourth-order valence-corrected chi connectivity index (χ4v) is 5.38. The lowest BCUT2D eigenvalue weighted by atomic mass is 10.1. The van der Waals surface area contributed by atoms with Gasteiger partial charge in [-0.15, -0.1) is 0 Å². The van der Waals surface area contributed by atoms with Crippen LogP contribution >= 0.6 is 0 Å². The van der Waals surface area contributed by atoms with Gasteiger partial charge in [-0.3, -0.25) is 9.10 Å². The van der Waals surface area contributed by atoms with E-state index in [0.29, 0.717) is 16.8 Å². The minimum atomic E-state index is -3.77. The van der Waals surface area contributed by atoms with Crippen molar-refractivity contribution in [2.45, 2.75) is 25.7 Å². The molecule has 1 aliphatic heterocycles. The van der Waals surface area contributed by atoms with Gasteiger partial charge in [0.15, 0.2) is 0 Å². The molecule has 0 atom stereocenters. The minimum absolute atomic E-state index is 0.228. The standard InChI is InChI=1S/C20H20N4O3S/c1-12-10-21-13(2)19(12)14(3)22-23-18(25)11-24-16-8-4-6-15-7-5-9-17(20(15)16)28(24,26)27/h4-10,21H,11H2,1-3H3,(H,23,25)/b22-14+. The van der Waals surface area contributed by atoms with E-state index in [1.165, 1.54) is 0 Å². The quantitative estimate of drug-likeness (QED) is 0.524. The molecule has 3 aromatic rings. The molecule has 0 spiro atoms. The van der Waals surface area contributed by atoms with Crippen molar-refractivity contribution in [3.63, 3.8) is 0 Å². The molecule has 4 rings (SSSR count). The topological polar surface area (TPSA) is 94.6 Å². The van der Waals surface area contributed by atoms with Crippen molar-refractivity contribution in [3.05, 3.63) is 59.4 Å². The molecule has 7 nitrogen and oxygen atoms in total. The number of nitrogens with one attached hydrogen (secondary N) is 2. The molecule has 8 heteroatoms. The smallest absolute Gasteiger partial charge is 0.265 e. The number of carbonyl (C=O) groups excluding carboxylic acids is 1. The number of nitrogens with zero attached hydrogens (tertiary/aromatic N) is 2. The van der Waals surface area contributed by atoms with E-state index >= 15 is 0 Å². The summed E-state index contributed by atoms with van der Waals surface area (Å²) in [7, 11) is -3.77. The summed E-state index contributed by atoms with van der Waals surface area (Å²) in [6.07, 6.45) is 1.88. The summed E-state index contributed by atoms with van der Waals surface area (Å²) in [5.74, 6) is -0.501. The third-order valence-corrected chi connectivity index (χ3v) is 6.76. The maximum atomic E-state index is 12.9. The summed E-state index contributed by atoms with van der Waals surface area (Å²) in [6, 6.07) is 10.5. The average molecular weight is 396 g/mol. The SMILES string of the molecule is C/C(=N\NC(=O)CN1c2cccc3cccc(c23)S1(=O)=O)c1c(C)c[nH]c1C. The Bertz CT molecular complexity index is 1220. The number of H-pyrrole nitrogens is 1. The number of carbonyl (C=O) groups is 1. The van der Waals surface area contributed by atoms with Crippen molar-refractivity contribution in [3.8, 4) is 0 Å². The maximum absolute atomic E-state index is 12.9. The maximum Gasteiger partial charge on any atom is 0.265 e. The number of anilines is 1. The Kier molecular flexibility index (Phi) is 4.23. The number of rotatable bonds is 4. The summed E-state index contributed by atoms with van der Waals surface area (Å²) in [5, 5.41) is 5.63. The highest BCUT2D eigenvalue weighted by Gasteiger charge is 2.36. The number of aryl methyl sites for hydroxylation is 2. The Morgan fingerprint density at radius 3 is 2.57 bits per heavy atom. The van der Waals surface area contributed by atoms with Gasteiger partial charge in [0.25, 0.3) is 15.9 Å². The van der Waals surface area contributed by atoms with Crippen molar-refractivity contribution in [2.75, 3.05) is 10.8 Å². The van der Waals surface area contributed by atoms with Gasteiger partial charge in [-0.25, -0.2) is 13.8 Å². The number of sulfonamides is 1. The molecule has 1 amide bonds. The van der Waals surface area contributed by atoms with Crippen molar-refractivity contribution in [2.24, 2.45) is 5.10 Å². The van der Waals surface area contributed by atoms with Crippen molar-refractivity contribution < 1.29 is 13.2 Å². The third kappa shape index (κ3) is 2.77. The highest BCUT2D eigenvalue weighted by Crippen LogP contribution is 2.41. The summed E-state index contributed by atoms with van der Waals surface area (Å²) in [6.45, 7) is 5.34. The van der Waals surface area contributed by atoms with Crippen LogP contribution in [0, 0.1) is 13.8 Å². The van der Waals surface area contributed by atoms with Crippen molar-refractivity contribution >= 4 is 38.1 Å². The number of aromatic nitrogens is 1. The molecule has 144 valence electrons. The van der Waals surface area contributed by atoms with E-state index in [1.54, 1.807) is 31.2 Å². The van der Waals surface area contributed by atoms with Crippen LogP contribution in [0.5, 0.6) is 0 Å². The normalized spacial score (nSPS) is 15.2. The van der Waals surface area contributed by atoms with Crippen molar-refractivity contribution in [1.29, 1.82) is 0 Å². The third-order valence-electron chi connectivity index (χ3n) is 4.95. The van der Waals surface area contributed by atoms with Crippen LogP contribution < -0.4 is 9.73 Å². The first kappa shape index (κ1) is 18.2. The fraction of sp³-hybridized carbons (Fsp3) is 0.200. The van der Waals surface area contributed by atoms with Crippen LogP contribution in [0.4, 0.5) is 5.69 Å². The van der Waals surface area contributed by atoms with Gasteiger partial charge < -0.3 is 4.98 Å². The average Bonchev–Trinajstić information content (AvgIpc) is 3.11. The van der Waals surface area contributed by atoms with E-state index in [0.717, 1.165) is 26.5 Å². The van der Waals surface area contributed by atoms with Crippen LogP contribution in [-0.4, -0.2) is 31.6 Å². The number of aromatic amines is 1. The van der Waals surface area contributed by atoms with Gasteiger partial charge in [-0.1, -0.05) is 24.3 Å². The molecule has 0 fully saturated rings. The van der Waals surface area contributed by atoms with Gasteiger partial charge in [0.2, 0.25) is 0 Å². The van der Waals surface area contributed by atoms with Crippen LogP contribution in [0.15, 0.2) is 52.6 Å². The van der Waals surface area contributed by atoms with Gasteiger partial charge in [0.1, 0.15) is 6.54 Å². The number of hydrogen-bond donors (Lipinski definition) is 2. The predicted octanol–water partition coefficient (Wildman–Crippen LogP) is 2.83. The van der Waals surface area contributed by atoms with Crippen LogP contribution in [0.25, 0.3) is 10.8 Å². The molecule has 0 aliphatic carbocycles. The van der Waals surface area contributed by atoms with Crippen LogP contribution in [0.3, 0.4) is 0 Å². The predicted molar refractivity (Wildman–Crippen MR) is 109 cm³/mol. The Labute approximate surface area is 163 Å². The molecular formula is C20H20N4O3S. The lowest BCUT2D eigenvalue weighted by molar-refractivity contribution is -0.119. The summed E-state index contributed by atoms with van der Waals surface area (Å²) < 4.78 is 27.0. The highest BCUT2D eigenvalue weighted by molar-refractivity contribution is 7.93. The fourth-order valence-electron chi connectivity index (χ4n) is 3.71. The van der Waals surface area contributed by atoms with Gasteiger partial charge in [0.05, 0.1) is 16.3 Å². The first-order valence-corrected chi connectivity index (χ1v) is 10.3. The Hall–Kier alpha value is -3.13. The second-order valence-electron chi connectivity index (χ2n) is 6.85. The molecule has 2 heterocycles. The summed E-state index contributed by atoms with van der Waals surface area (Å²) in [5.41, 5.74) is 6.56. The molecule has 2 aromatic carbocycles. The lowest BCUT2D eigenvalue weighted by Crippen LogP contribution is -2.37. The Morgan fingerprint density at radius 2 is 1.89 bits per heavy atom. The molecule has 0 saturated carbocycles. The van der Waals surface area contributed by atoms with E-state index < -0.39 is 15.9 Å². The van der Waals surface area contributed by atoms with E-state index in [1.807, 2.05) is 32.2 Å². The van der Waals surface area contributed by atoms with Gasteiger partial charge >= 0.3 is 0 Å². The molecule has 2 N–H and O–H groups in total. The second kappa shape index (κ2) is 6.49. The molecule has 0 unspecified atom stereocenters. The van der Waals surface area contributed by atoms with Gasteiger partial charge in [0, 0.05) is 22.8 Å². The van der Waals surface area contributed by atoms with Gasteiger partial charge in [-0.05, 0) is 43.9 Å². The Morgan fingerprint density at radius 1 is 1.18 bits per heavy atom. The zero-order valence-electron chi connectivity index (χ0n) is 15.8. The highest BCUT2D eigenvalue weighted by atomic mass is 32.2. The Balaban J connectivity index is 1.59. The number of amides is 1. The van der Waals surface area contributed by atoms with E-state index in [-0.39, 0.29) is 11.4 Å². The zero-order chi connectivity index (χ0) is 20.1. The summed E-state index contributed by atoms with van der Waals surface area (Å²) >= 11 is 0. The van der Waals surface area contributed by atoms with E-state index in [9.17, 15) is 13.2 Å². The molecule has 0 saturated heterocycles. The zero-order valence-corrected chi connectivity index (χ0v) is 16.6. The molecule has 28 heavy (non-hydrogen) atoms. The first-order valence-electron chi connectivity index (χ1n) is 8.83. The van der Waals surface area contributed by atoms with Crippen LogP contribution in [0.1, 0.15) is 23.7 Å². The molecule has 0 radical (unpaired) electrons. The minimum Gasteiger partial charge on any atom is -0.364 e. The second-order valence-corrected chi connectivity index (χ2v) is 8.68. The number of benzene rings is 2. The monoisotopic (exact) mass is 396 g/mol. The van der Waals surface area contributed by atoms with E-state index in [2.05, 4.69) is 15.5 Å². The largest absolute Gasteiger partial charge is 0.364 e. The van der Waals surface area contributed by atoms with E-state index in [4.69, 9.17) is 0 Å². The number of hydrazone groups is 1. The summed E-state index contributed by atoms with van der Waals surface area (Å²) in [4.78, 5) is 15.8. The molecule has 1 aliphatic rings. The van der Waals surface area contributed by atoms with Crippen LogP contribution in [0.2, 0.25) is 0 Å². The van der Waals surface area contributed by atoms with Crippen LogP contribution in [-0.2, 0) is 14.8 Å². The van der Waals surface area contributed by atoms with Crippen molar-refractivity contribution in [1.82, 2.24) is 10.4 Å².